The number of imide groups is 1. The highest BCUT2D eigenvalue weighted by Crippen LogP contribution is 2.27. The van der Waals surface area contributed by atoms with Crippen molar-refractivity contribution in [3.05, 3.63) is 24.4 Å². The molecule has 0 aromatic carbocycles. The first kappa shape index (κ1) is 15.3. The third-order valence-corrected chi connectivity index (χ3v) is 4.35. The molecular formula is C15H19N5O3. The Bertz CT molecular complexity index is 635. The first-order valence-corrected chi connectivity index (χ1v) is 7.52. The summed E-state index contributed by atoms with van der Waals surface area (Å²) in [5.74, 6) is 0.132. The lowest BCUT2D eigenvalue weighted by atomic mass is 9.98. The Morgan fingerprint density at radius 1 is 1.30 bits per heavy atom. The third-order valence-electron chi connectivity index (χ3n) is 4.35. The highest BCUT2D eigenvalue weighted by molar-refractivity contribution is 6.02. The fourth-order valence-corrected chi connectivity index (χ4v) is 2.94. The number of hydrogen-bond acceptors (Lipinski definition) is 5. The molecular weight excluding hydrogens is 298 g/mol. The van der Waals surface area contributed by atoms with Crippen LogP contribution in [0.2, 0.25) is 0 Å². The van der Waals surface area contributed by atoms with E-state index in [-0.39, 0.29) is 30.2 Å². The molecule has 4 amide bonds. The number of likely N-dealkylation sites (N-methyl/N-ethyl adjacent to an activating group) is 1. The number of carbonyl (C=O) groups excluding carboxylic acids is 3. The van der Waals surface area contributed by atoms with Gasteiger partial charge in [0.05, 0.1) is 5.92 Å². The molecule has 2 aliphatic rings. The Labute approximate surface area is 134 Å². The number of hydrazine groups is 1. The maximum Gasteiger partial charge on any atom is 0.345 e. The predicted molar refractivity (Wildman–Crippen MR) is 82.1 cm³/mol. The van der Waals surface area contributed by atoms with Crippen molar-refractivity contribution in [2.75, 3.05) is 31.6 Å². The fourth-order valence-electron chi connectivity index (χ4n) is 2.94. The van der Waals surface area contributed by atoms with E-state index in [0.29, 0.717) is 6.54 Å². The molecule has 8 heteroatoms. The zero-order valence-electron chi connectivity index (χ0n) is 13.1. The first-order chi connectivity index (χ1) is 11.0. The Hall–Kier alpha value is -2.64. The molecule has 0 unspecified atom stereocenters. The lowest BCUT2D eigenvalue weighted by molar-refractivity contribution is -0.129. The van der Waals surface area contributed by atoms with Gasteiger partial charge in [0.2, 0.25) is 5.91 Å². The van der Waals surface area contributed by atoms with Gasteiger partial charge in [-0.2, -0.15) is 0 Å². The summed E-state index contributed by atoms with van der Waals surface area (Å²) in [5, 5.41) is 1.07. The van der Waals surface area contributed by atoms with Crippen LogP contribution in [0.25, 0.3) is 0 Å². The first-order valence-electron chi connectivity index (χ1n) is 7.52. The van der Waals surface area contributed by atoms with Gasteiger partial charge in [-0.3, -0.25) is 19.9 Å². The zero-order chi connectivity index (χ0) is 16.6. The number of urea groups is 1. The van der Waals surface area contributed by atoms with Gasteiger partial charge in [-0.25, -0.2) is 14.8 Å². The van der Waals surface area contributed by atoms with Crippen LogP contribution >= 0.6 is 0 Å². The van der Waals surface area contributed by atoms with E-state index >= 15 is 0 Å². The normalized spacial score (nSPS) is 24.5. The van der Waals surface area contributed by atoms with Crippen molar-refractivity contribution in [1.29, 1.82) is 0 Å². The lowest BCUT2D eigenvalue weighted by Crippen LogP contribution is -2.48. The van der Waals surface area contributed by atoms with Crippen molar-refractivity contribution >= 4 is 23.7 Å². The van der Waals surface area contributed by atoms with Gasteiger partial charge < -0.3 is 4.90 Å². The van der Waals surface area contributed by atoms with E-state index in [2.05, 4.69) is 15.3 Å². The van der Waals surface area contributed by atoms with Gasteiger partial charge in [-0.1, -0.05) is 13.0 Å². The standard InChI is InChI=1S/C15H19N5O3/c1-10-7-19(12-5-3-4-6-16-12)8-11(10)14(22)17-20-9-13(21)18(2)15(20)23/h3-6,10-11H,7-9H2,1-2H3,(H,17,22)/t10-,11-/m1/s1. The van der Waals surface area contributed by atoms with Crippen molar-refractivity contribution in [3.8, 4) is 0 Å². The number of aromatic nitrogens is 1. The van der Waals surface area contributed by atoms with E-state index < -0.39 is 6.03 Å². The molecule has 0 bridgehead atoms. The van der Waals surface area contributed by atoms with Crippen LogP contribution in [0.4, 0.5) is 10.6 Å². The predicted octanol–water partition coefficient (Wildman–Crippen LogP) is 0.0791. The number of nitrogens with one attached hydrogen (secondary N) is 1. The van der Waals surface area contributed by atoms with Crippen LogP contribution in [0.15, 0.2) is 24.4 Å². The van der Waals surface area contributed by atoms with Crippen LogP contribution in [0.3, 0.4) is 0 Å². The van der Waals surface area contributed by atoms with Crippen LogP contribution in [0.5, 0.6) is 0 Å². The second-order valence-electron chi connectivity index (χ2n) is 5.97. The molecule has 3 rings (SSSR count). The molecule has 0 radical (unpaired) electrons. The van der Waals surface area contributed by atoms with E-state index in [1.807, 2.05) is 25.1 Å². The molecule has 2 atom stereocenters. The third kappa shape index (κ3) is 2.84. The summed E-state index contributed by atoms with van der Waals surface area (Å²) < 4.78 is 0. The molecule has 1 N–H and O–H groups in total. The summed E-state index contributed by atoms with van der Waals surface area (Å²) in [6.07, 6.45) is 1.72. The van der Waals surface area contributed by atoms with E-state index in [1.54, 1.807) is 6.20 Å². The number of pyridine rings is 1. The van der Waals surface area contributed by atoms with Crippen LogP contribution < -0.4 is 10.3 Å². The van der Waals surface area contributed by atoms with Crippen molar-refractivity contribution < 1.29 is 14.4 Å². The number of nitrogens with zero attached hydrogens (tertiary/aromatic N) is 4. The van der Waals surface area contributed by atoms with Crippen LogP contribution in [-0.4, -0.2) is 59.4 Å². The van der Waals surface area contributed by atoms with Gasteiger partial charge in [0.25, 0.3) is 5.91 Å². The minimum absolute atomic E-state index is 0.119. The monoisotopic (exact) mass is 317 g/mol. The molecule has 0 saturated carbocycles. The van der Waals surface area contributed by atoms with Crippen molar-refractivity contribution in [2.24, 2.45) is 11.8 Å². The molecule has 2 fully saturated rings. The SMILES string of the molecule is C[C@@H]1CN(c2ccccn2)C[C@H]1C(=O)NN1CC(=O)N(C)C1=O. The van der Waals surface area contributed by atoms with Crippen molar-refractivity contribution in [3.63, 3.8) is 0 Å². The maximum absolute atomic E-state index is 12.5. The van der Waals surface area contributed by atoms with E-state index in [9.17, 15) is 14.4 Å². The van der Waals surface area contributed by atoms with Crippen LogP contribution in [0, 0.1) is 11.8 Å². The molecule has 1 aromatic rings. The van der Waals surface area contributed by atoms with Gasteiger partial charge in [-0.15, -0.1) is 0 Å². The van der Waals surface area contributed by atoms with Gasteiger partial charge in [0, 0.05) is 26.3 Å². The maximum atomic E-state index is 12.5. The van der Waals surface area contributed by atoms with Crippen LogP contribution in [-0.2, 0) is 9.59 Å². The second kappa shape index (κ2) is 5.86. The molecule has 2 aliphatic heterocycles. The summed E-state index contributed by atoms with van der Waals surface area (Å²) in [4.78, 5) is 43.1. The molecule has 8 nitrogen and oxygen atoms in total. The summed E-state index contributed by atoms with van der Waals surface area (Å²) >= 11 is 0. The molecule has 2 saturated heterocycles. The largest absolute Gasteiger partial charge is 0.356 e. The molecule has 3 heterocycles. The number of carbonyl (C=O) groups is 3. The molecule has 23 heavy (non-hydrogen) atoms. The Morgan fingerprint density at radius 2 is 2.09 bits per heavy atom. The Morgan fingerprint density at radius 3 is 2.70 bits per heavy atom. The number of anilines is 1. The highest BCUT2D eigenvalue weighted by Gasteiger charge is 2.39. The van der Waals surface area contributed by atoms with Gasteiger partial charge in [0.1, 0.15) is 12.4 Å². The fraction of sp³-hybridized carbons (Fsp3) is 0.467. The van der Waals surface area contributed by atoms with E-state index in [4.69, 9.17) is 0 Å². The van der Waals surface area contributed by atoms with Crippen molar-refractivity contribution in [1.82, 2.24) is 20.3 Å². The quantitative estimate of drug-likeness (QED) is 0.798. The van der Waals surface area contributed by atoms with E-state index in [1.165, 1.54) is 7.05 Å². The van der Waals surface area contributed by atoms with Crippen molar-refractivity contribution in [2.45, 2.75) is 6.92 Å². The smallest absolute Gasteiger partial charge is 0.345 e. The molecule has 122 valence electrons. The number of hydrogen-bond donors (Lipinski definition) is 1. The summed E-state index contributed by atoms with van der Waals surface area (Å²) in [6.45, 7) is 3.14. The average molecular weight is 317 g/mol. The number of rotatable bonds is 3. The molecule has 1 aromatic heterocycles. The lowest BCUT2D eigenvalue weighted by Gasteiger charge is -2.20. The van der Waals surface area contributed by atoms with Crippen LogP contribution in [0.1, 0.15) is 6.92 Å². The highest BCUT2D eigenvalue weighted by atomic mass is 16.2. The van der Waals surface area contributed by atoms with Gasteiger partial charge in [-0.05, 0) is 18.1 Å². The van der Waals surface area contributed by atoms with Gasteiger partial charge in [0.15, 0.2) is 0 Å². The van der Waals surface area contributed by atoms with E-state index in [0.717, 1.165) is 22.3 Å². The minimum atomic E-state index is -0.504. The Balaban J connectivity index is 1.64. The Kier molecular flexibility index (Phi) is 3.89. The second-order valence-corrected chi connectivity index (χ2v) is 5.97. The topological polar surface area (TPSA) is 85.8 Å². The number of amides is 4. The summed E-state index contributed by atoms with van der Waals surface area (Å²) in [7, 11) is 1.40. The zero-order valence-corrected chi connectivity index (χ0v) is 13.1. The van der Waals surface area contributed by atoms with Gasteiger partial charge >= 0.3 is 6.03 Å². The summed E-state index contributed by atoms with van der Waals surface area (Å²) in [6, 6.07) is 5.16. The minimum Gasteiger partial charge on any atom is -0.356 e. The summed E-state index contributed by atoms with van der Waals surface area (Å²) in [5.41, 5.74) is 2.57. The molecule has 0 spiro atoms. The molecule has 0 aliphatic carbocycles. The average Bonchev–Trinajstić information content (AvgIpc) is 3.05.